The molecule has 0 radical (unpaired) electrons. The fraction of sp³-hybridized carbons (Fsp3) is 0.375. The number of anilines is 1. The van der Waals surface area contributed by atoms with Crippen LogP contribution in [0, 0.1) is 0 Å². The lowest BCUT2D eigenvalue weighted by Crippen LogP contribution is -2.28. The average Bonchev–Trinajstić information content (AvgIpc) is 3.21. The zero-order valence-electron chi connectivity index (χ0n) is 18.8. The molecule has 164 valence electrons. The fourth-order valence-electron chi connectivity index (χ4n) is 3.21. The highest BCUT2D eigenvalue weighted by Gasteiger charge is 2.20. The first-order chi connectivity index (χ1) is 14.9. The third-order valence-corrected chi connectivity index (χ3v) is 6.08. The molecule has 0 N–H and O–H groups in total. The number of rotatable bonds is 9. The first-order valence-electron chi connectivity index (χ1n) is 10.5. The molecule has 2 aromatic carbocycles. The Morgan fingerprint density at radius 1 is 1.06 bits per heavy atom. The van der Waals surface area contributed by atoms with Gasteiger partial charge in [0, 0.05) is 19.3 Å². The molecule has 1 unspecified atom stereocenters. The molecule has 7 heteroatoms. The van der Waals surface area contributed by atoms with Crippen molar-refractivity contribution in [1.29, 1.82) is 0 Å². The van der Waals surface area contributed by atoms with E-state index in [9.17, 15) is 4.79 Å². The third kappa shape index (κ3) is 5.67. The summed E-state index contributed by atoms with van der Waals surface area (Å²) in [6, 6.07) is 17.8. The predicted octanol–water partition coefficient (Wildman–Crippen LogP) is 5.32. The van der Waals surface area contributed by atoms with E-state index in [-0.39, 0.29) is 17.8 Å². The van der Waals surface area contributed by atoms with Crippen LogP contribution in [0.1, 0.15) is 51.1 Å². The summed E-state index contributed by atoms with van der Waals surface area (Å²) >= 11 is 1.40. The highest BCUT2D eigenvalue weighted by molar-refractivity contribution is 7.99. The molecule has 31 heavy (non-hydrogen) atoms. The van der Waals surface area contributed by atoms with Crippen molar-refractivity contribution >= 4 is 23.4 Å². The van der Waals surface area contributed by atoms with E-state index in [2.05, 4.69) is 36.2 Å². The molecule has 0 aliphatic heterocycles. The van der Waals surface area contributed by atoms with E-state index in [0.29, 0.717) is 12.5 Å². The number of carbonyl (C=O) groups is 1. The van der Waals surface area contributed by atoms with Crippen LogP contribution in [0.5, 0.6) is 5.75 Å². The lowest BCUT2D eigenvalue weighted by molar-refractivity contribution is -0.115. The van der Waals surface area contributed by atoms with Crippen molar-refractivity contribution in [3.05, 3.63) is 66.0 Å². The first kappa shape index (κ1) is 22.9. The molecule has 6 nitrogen and oxygen atoms in total. The van der Waals surface area contributed by atoms with Crippen LogP contribution in [0.25, 0.3) is 0 Å². The molecule has 0 spiro atoms. The SMILES string of the molecule is CCn1c(SCC(=O)N(C)c2ccccc2)nnc1C(C)Oc1ccc(C(C)C)cc1. The van der Waals surface area contributed by atoms with Crippen LogP contribution in [-0.4, -0.2) is 33.5 Å². The number of thioether (sulfide) groups is 1. The molecule has 1 amide bonds. The summed E-state index contributed by atoms with van der Waals surface area (Å²) in [5, 5.41) is 9.39. The Hall–Kier alpha value is -2.80. The van der Waals surface area contributed by atoms with Crippen molar-refractivity contribution in [1.82, 2.24) is 14.8 Å². The highest BCUT2D eigenvalue weighted by Crippen LogP contribution is 2.26. The van der Waals surface area contributed by atoms with Crippen LogP contribution < -0.4 is 9.64 Å². The van der Waals surface area contributed by atoms with Crippen LogP contribution in [0.15, 0.2) is 59.8 Å². The molecule has 0 aliphatic rings. The van der Waals surface area contributed by atoms with Gasteiger partial charge in [-0.25, -0.2) is 0 Å². The Morgan fingerprint density at radius 2 is 1.74 bits per heavy atom. The molecule has 1 atom stereocenters. The minimum Gasteiger partial charge on any atom is -0.483 e. The topological polar surface area (TPSA) is 60.2 Å². The van der Waals surface area contributed by atoms with Gasteiger partial charge >= 0.3 is 0 Å². The molecule has 0 fully saturated rings. The molecule has 0 saturated carbocycles. The van der Waals surface area contributed by atoms with E-state index in [4.69, 9.17) is 4.74 Å². The number of ether oxygens (including phenoxy) is 1. The molecule has 0 aliphatic carbocycles. The normalized spacial score (nSPS) is 12.1. The third-order valence-electron chi connectivity index (χ3n) is 5.13. The van der Waals surface area contributed by atoms with E-state index < -0.39 is 0 Å². The summed E-state index contributed by atoms with van der Waals surface area (Å²) in [4.78, 5) is 14.3. The van der Waals surface area contributed by atoms with E-state index in [1.807, 2.05) is 60.9 Å². The van der Waals surface area contributed by atoms with Crippen LogP contribution >= 0.6 is 11.8 Å². The van der Waals surface area contributed by atoms with Crippen LogP contribution in [0.3, 0.4) is 0 Å². The van der Waals surface area contributed by atoms with Gasteiger partial charge in [-0.1, -0.05) is 55.9 Å². The van der Waals surface area contributed by atoms with E-state index in [0.717, 1.165) is 22.4 Å². The minimum absolute atomic E-state index is 0.0120. The van der Waals surface area contributed by atoms with Gasteiger partial charge in [0.1, 0.15) is 5.75 Å². The second-order valence-corrected chi connectivity index (χ2v) is 8.59. The second kappa shape index (κ2) is 10.5. The van der Waals surface area contributed by atoms with Crippen molar-refractivity contribution in [2.75, 3.05) is 17.7 Å². The number of benzene rings is 2. The minimum atomic E-state index is -0.255. The molecule has 3 rings (SSSR count). The Balaban J connectivity index is 1.65. The Morgan fingerprint density at radius 3 is 2.35 bits per heavy atom. The number of hydrogen-bond acceptors (Lipinski definition) is 5. The van der Waals surface area contributed by atoms with Gasteiger partial charge in [-0.3, -0.25) is 4.79 Å². The standard InChI is InChI=1S/C24H30N4O2S/c1-6-28-23(18(4)30-21-14-12-19(13-15-21)17(2)3)25-26-24(28)31-16-22(29)27(5)20-10-8-7-9-11-20/h7-15,17-18H,6,16H2,1-5H3. The predicted molar refractivity (Wildman–Crippen MR) is 126 cm³/mol. The summed E-state index contributed by atoms with van der Waals surface area (Å²) < 4.78 is 8.11. The van der Waals surface area contributed by atoms with Crippen LogP contribution in [0.2, 0.25) is 0 Å². The number of para-hydroxylation sites is 1. The summed E-state index contributed by atoms with van der Waals surface area (Å²) in [5.41, 5.74) is 2.15. The van der Waals surface area contributed by atoms with Gasteiger partial charge in [-0.2, -0.15) is 0 Å². The van der Waals surface area contributed by atoms with Gasteiger partial charge in [0.05, 0.1) is 5.75 Å². The Kier molecular flexibility index (Phi) is 7.74. The summed E-state index contributed by atoms with van der Waals surface area (Å²) in [6.45, 7) is 9.05. The second-order valence-electron chi connectivity index (χ2n) is 7.65. The number of hydrogen-bond donors (Lipinski definition) is 0. The van der Waals surface area contributed by atoms with Crippen molar-refractivity contribution in [3.63, 3.8) is 0 Å². The largest absolute Gasteiger partial charge is 0.483 e. The fourth-order valence-corrected chi connectivity index (χ4v) is 4.13. The number of amides is 1. The average molecular weight is 439 g/mol. The number of aromatic nitrogens is 3. The summed E-state index contributed by atoms with van der Waals surface area (Å²) in [6.07, 6.45) is -0.255. The lowest BCUT2D eigenvalue weighted by Gasteiger charge is -2.17. The molecule has 0 bridgehead atoms. The maximum Gasteiger partial charge on any atom is 0.237 e. The number of nitrogens with zero attached hydrogens (tertiary/aromatic N) is 4. The summed E-state index contributed by atoms with van der Waals surface area (Å²) in [7, 11) is 1.79. The zero-order chi connectivity index (χ0) is 22.4. The van der Waals surface area contributed by atoms with E-state index >= 15 is 0 Å². The van der Waals surface area contributed by atoms with Gasteiger partial charge < -0.3 is 14.2 Å². The quantitative estimate of drug-likeness (QED) is 0.423. The maximum atomic E-state index is 12.6. The molecule has 0 saturated heterocycles. The molecule has 3 aromatic rings. The molecule has 1 aromatic heterocycles. The highest BCUT2D eigenvalue weighted by atomic mass is 32.2. The summed E-state index contributed by atoms with van der Waals surface area (Å²) in [5.74, 6) is 2.34. The lowest BCUT2D eigenvalue weighted by atomic mass is 10.0. The van der Waals surface area contributed by atoms with Crippen LogP contribution in [-0.2, 0) is 11.3 Å². The van der Waals surface area contributed by atoms with Crippen molar-refractivity contribution < 1.29 is 9.53 Å². The van der Waals surface area contributed by atoms with Crippen molar-refractivity contribution in [3.8, 4) is 5.75 Å². The smallest absolute Gasteiger partial charge is 0.237 e. The Labute approximate surface area is 188 Å². The monoisotopic (exact) mass is 438 g/mol. The van der Waals surface area contributed by atoms with Crippen molar-refractivity contribution in [2.24, 2.45) is 0 Å². The first-order valence-corrected chi connectivity index (χ1v) is 11.5. The van der Waals surface area contributed by atoms with Gasteiger partial charge in [0.2, 0.25) is 5.91 Å². The van der Waals surface area contributed by atoms with Gasteiger partial charge in [-0.15, -0.1) is 10.2 Å². The van der Waals surface area contributed by atoms with Gasteiger partial charge in [0.25, 0.3) is 0 Å². The van der Waals surface area contributed by atoms with Crippen LogP contribution in [0.4, 0.5) is 5.69 Å². The molecular weight excluding hydrogens is 408 g/mol. The maximum absolute atomic E-state index is 12.6. The van der Waals surface area contributed by atoms with E-state index in [1.54, 1.807) is 11.9 Å². The number of carbonyl (C=O) groups excluding carboxylic acids is 1. The van der Waals surface area contributed by atoms with Gasteiger partial charge in [0.15, 0.2) is 17.1 Å². The van der Waals surface area contributed by atoms with Crippen molar-refractivity contribution in [2.45, 2.75) is 51.4 Å². The Bertz CT molecular complexity index is 987. The molecular formula is C24H30N4O2S. The van der Waals surface area contributed by atoms with E-state index in [1.165, 1.54) is 17.3 Å². The zero-order valence-corrected chi connectivity index (χ0v) is 19.6. The van der Waals surface area contributed by atoms with Gasteiger partial charge in [-0.05, 0) is 49.6 Å². The molecule has 1 heterocycles.